The van der Waals surface area contributed by atoms with Gasteiger partial charge in [-0.1, -0.05) is 31.0 Å². The molecule has 2 aliphatic heterocycles. The van der Waals surface area contributed by atoms with Crippen molar-refractivity contribution in [2.24, 2.45) is 0 Å². The Kier molecular flexibility index (Phi) is 4.95. The van der Waals surface area contributed by atoms with Crippen molar-refractivity contribution >= 4 is 21.4 Å². The van der Waals surface area contributed by atoms with Crippen molar-refractivity contribution in [3.63, 3.8) is 0 Å². The van der Waals surface area contributed by atoms with Gasteiger partial charge in [0.1, 0.15) is 0 Å². The molecule has 26 heavy (non-hydrogen) atoms. The fraction of sp³-hybridized carbons (Fsp3) is 0.650. The number of para-hydroxylation sites is 1. The number of benzene rings is 1. The lowest BCUT2D eigenvalue weighted by Crippen LogP contribution is -2.51. The first-order chi connectivity index (χ1) is 12.5. The molecule has 2 fully saturated rings. The van der Waals surface area contributed by atoms with Gasteiger partial charge in [-0.3, -0.25) is 4.79 Å². The Bertz CT molecular complexity index is 771. The maximum Gasteiger partial charge on any atom is 0.242 e. The van der Waals surface area contributed by atoms with E-state index in [-0.39, 0.29) is 29.5 Å². The van der Waals surface area contributed by atoms with Crippen LogP contribution >= 0.6 is 0 Å². The summed E-state index contributed by atoms with van der Waals surface area (Å²) in [5, 5.41) is 0. The molecule has 0 unspecified atom stereocenters. The summed E-state index contributed by atoms with van der Waals surface area (Å²) < 4.78 is 24.0. The number of hydrogen-bond donors (Lipinski definition) is 0. The Morgan fingerprint density at radius 1 is 1.08 bits per heavy atom. The molecule has 1 aromatic carbocycles. The summed E-state index contributed by atoms with van der Waals surface area (Å²) in [5.74, 6) is 0.475. The largest absolute Gasteiger partial charge is 0.362 e. The molecule has 2 heterocycles. The Balaban J connectivity index is 1.54. The van der Waals surface area contributed by atoms with Crippen LogP contribution in [0.4, 0.5) is 5.69 Å². The van der Waals surface area contributed by atoms with E-state index < -0.39 is 9.84 Å². The van der Waals surface area contributed by atoms with Gasteiger partial charge in [0.2, 0.25) is 5.91 Å². The predicted molar refractivity (Wildman–Crippen MR) is 103 cm³/mol. The third-order valence-corrected chi connectivity index (χ3v) is 7.89. The van der Waals surface area contributed by atoms with Gasteiger partial charge < -0.3 is 9.80 Å². The third kappa shape index (κ3) is 3.61. The van der Waals surface area contributed by atoms with E-state index in [4.69, 9.17) is 0 Å². The lowest BCUT2D eigenvalue weighted by atomic mass is 10.0. The highest BCUT2D eigenvalue weighted by molar-refractivity contribution is 7.91. The maximum atomic E-state index is 13.3. The van der Waals surface area contributed by atoms with Crippen molar-refractivity contribution < 1.29 is 13.2 Å². The number of carbonyl (C=O) groups is 1. The zero-order valence-corrected chi connectivity index (χ0v) is 16.1. The number of fused-ring (bicyclic) bond motifs is 1. The first-order valence-corrected chi connectivity index (χ1v) is 11.7. The second-order valence-electron chi connectivity index (χ2n) is 7.95. The maximum absolute atomic E-state index is 13.3. The summed E-state index contributed by atoms with van der Waals surface area (Å²) in [5.41, 5.74) is 2.47. The van der Waals surface area contributed by atoms with E-state index in [1.165, 1.54) is 5.56 Å². The number of carbonyl (C=O) groups excluding carboxylic acids is 1. The standard InChI is InChI=1S/C20H28N2O3S/c23-20(14-21-12-5-7-16-6-1-4-10-19(16)21)22(17-8-2-3-9-17)18-11-13-26(24,25)15-18/h1,4,6,10,17-18H,2-3,5,7-9,11-15H2/t18-/m0/s1. The molecule has 6 heteroatoms. The van der Waals surface area contributed by atoms with Crippen LogP contribution in [0.5, 0.6) is 0 Å². The van der Waals surface area contributed by atoms with Gasteiger partial charge in [0.15, 0.2) is 9.84 Å². The minimum Gasteiger partial charge on any atom is -0.362 e. The van der Waals surface area contributed by atoms with E-state index in [0.717, 1.165) is 50.8 Å². The third-order valence-electron chi connectivity index (χ3n) is 6.14. The second-order valence-corrected chi connectivity index (χ2v) is 10.2. The quantitative estimate of drug-likeness (QED) is 0.810. The Morgan fingerprint density at radius 2 is 1.85 bits per heavy atom. The van der Waals surface area contributed by atoms with Crippen molar-refractivity contribution in [1.29, 1.82) is 0 Å². The monoisotopic (exact) mass is 376 g/mol. The zero-order valence-electron chi connectivity index (χ0n) is 15.3. The van der Waals surface area contributed by atoms with Crippen LogP contribution in [0.3, 0.4) is 0 Å². The minimum absolute atomic E-state index is 0.107. The van der Waals surface area contributed by atoms with Gasteiger partial charge in [-0.05, 0) is 43.7 Å². The molecule has 1 aliphatic carbocycles. The van der Waals surface area contributed by atoms with Crippen LogP contribution in [-0.4, -0.2) is 55.9 Å². The lowest BCUT2D eigenvalue weighted by Gasteiger charge is -2.37. The van der Waals surface area contributed by atoms with Crippen LogP contribution < -0.4 is 4.90 Å². The van der Waals surface area contributed by atoms with E-state index in [2.05, 4.69) is 23.1 Å². The fourth-order valence-electron chi connectivity index (χ4n) is 4.90. The Morgan fingerprint density at radius 3 is 2.58 bits per heavy atom. The highest BCUT2D eigenvalue weighted by atomic mass is 32.2. The lowest BCUT2D eigenvalue weighted by molar-refractivity contribution is -0.134. The van der Waals surface area contributed by atoms with Gasteiger partial charge in [-0.15, -0.1) is 0 Å². The molecule has 1 amide bonds. The fourth-order valence-corrected chi connectivity index (χ4v) is 6.61. The molecular weight excluding hydrogens is 348 g/mol. The zero-order chi connectivity index (χ0) is 18.1. The summed E-state index contributed by atoms with van der Waals surface area (Å²) in [6.07, 6.45) is 7.03. The molecule has 5 nitrogen and oxygen atoms in total. The van der Waals surface area contributed by atoms with Gasteiger partial charge in [0.25, 0.3) is 0 Å². The SMILES string of the molecule is O=C(CN1CCCc2ccccc21)N(C1CCCC1)[C@H]1CCS(=O)(=O)C1. The summed E-state index contributed by atoms with van der Waals surface area (Å²) in [6, 6.07) is 8.42. The highest BCUT2D eigenvalue weighted by Gasteiger charge is 2.39. The highest BCUT2D eigenvalue weighted by Crippen LogP contribution is 2.31. The molecule has 1 saturated heterocycles. The van der Waals surface area contributed by atoms with Gasteiger partial charge in [-0.25, -0.2) is 8.42 Å². The Hall–Kier alpha value is -1.56. The summed E-state index contributed by atoms with van der Waals surface area (Å²) in [7, 11) is -2.99. The average molecular weight is 377 g/mol. The van der Waals surface area contributed by atoms with E-state index in [1.54, 1.807) is 0 Å². The molecular formula is C20H28N2O3S. The van der Waals surface area contributed by atoms with Gasteiger partial charge in [-0.2, -0.15) is 0 Å². The molecule has 1 aromatic rings. The molecule has 0 aromatic heterocycles. The second kappa shape index (κ2) is 7.22. The predicted octanol–water partition coefficient (Wildman–Crippen LogP) is 2.40. The van der Waals surface area contributed by atoms with E-state index in [0.29, 0.717) is 13.0 Å². The van der Waals surface area contributed by atoms with Crippen molar-refractivity contribution in [3.05, 3.63) is 29.8 Å². The first-order valence-electron chi connectivity index (χ1n) is 9.88. The number of amides is 1. The molecule has 1 atom stereocenters. The van der Waals surface area contributed by atoms with E-state index in [9.17, 15) is 13.2 Å². The van der Waals surface area contributed by atoms with Crippen LogP contribution in [0.1, 0.15) is 44.1 Å². The van der Waals surface area contributed by atoms with E-state index >= 15 is 0 Å². The number of hydrogen-bond acceptors (Lipinski definition) is 4. The summed E-state index contributed by atoms with van der Waals surface area (Å²) >= 11 is 0. The number of sulfone groups is 1. The van der Waals surface area contributed by atoms with E-state index in [1.807, 2.05) is 11.0 Å². The summed E-state index contributed by atoms with van der Waals surface area (Å²) in [6.45, 7) is 1.26. The van der Waals surface area contributed by atoms with Crippen LogP contribution in [0, 0.1) is 0 Å². The van der Waals surface area contributed by atoms with Crippen molar-refractivity contribution in [2.75, 3.05) is 29.5 Å². The van der Waals surface area contributed by atoms with Crippen molar-refractivity contribution in [1.82, 2.24) is 4.90 Å². The topological polar surface area (TPSA) is 57.7 Å². The molecule has 3 aliphatic rings. The van der Waals surface area contributed by atoms with Crippen LogP contribution in [0.15, 0.2) is 24.3 Å². The van der Waals surface area contributed by atoms with Crippen molar-refractivity contribution in [2.45, 2.75) is 57.0 Å². The smallest absolute Gasteiger partial charge is 0.242 e. The Labute approximate surface area is 156 Å². The number of anilines is 1. The van der Waals surface area contributed by atoms with Crippen LogP contribution in [0.25, 0.3) is 0 Å². The minimum atomic E-state index is -2.99. The molecule has 0 N–H and O–H groups in total. The first kappa shape index (κ1) is 17.8. The number of nitrogens with zero attached hydrogens (tertiary/aromatic N) is 2. The average Bonchev–Trinajstić information content (AvgIpc) is 3.26. The van der Waals surface area contributed by atoms with Gasteiger partial charge >= 0.3 is 0 Å². The number of rotatable bonds is 4. The normalized spacial score (nSPS) is 25.2. The molecule has 0 bridgehead atoms. The summed E-state index contributed by atoms with van der Waals surface area (Å²) in [4.78, 5) is 17.4. The van der Waals surface area contributed by atoms with Crippen molar-refractivity contribution in [3.8, 4) is 0 Å². The molecule has 142 valence electrons. The van der Waals surface area contributed by atoms with Gasteiger partial charge in [0.05, 0.1) is 18.1 Å². The van der Waals surface area contributed by atoms with Crippen LogP contribution in [-0.2, 0) is 21.1 Å². The van der Waals surface area contributed by atoms with Crippen LogP contribution in [0.2, 0.25) is 0 Å². The molecule has 0 radical (unpaired) electrons. The molecule has 4 rings (SSSR count). The van der Waals surface area contributed by atoms with Gasteiger partial charge in [0, 0.05) is 24.3 Å². The number of aryl methyl sites for hydroxylation is 1. The molecule has 0 spiro atoms. The molecule has 1 saturated carbocycles.